The molecule has 0 aliphatic rings. The Bertz CT molecular complexity index is 310. The fourth-order valence-corrected chi connectivity index (χ4v) is 4.34. The highest BCUT2D eigenvalue weighted by Crippen LogP contribution is 2.11. The van der Waals surface area contributed by atoms with Crippen LogP contribution in [0.5, 0.6) is 0 Å². The summed E-state index contributed by atoms with van der Waals surface area (Å²) < 4.78 is 11.3. The summed E-state index contributed by atoms with van der Waals surface area (Å²) in [5.74, 6) is 0. The van der Waals surface area contributed by atoms with Gasteiger partial charge in [0.25, 0.3) is 0 Å². The molecule has 4 nitrogen and oxygen atoms in total. The zero-order valence-corrected chi connectivity index (χ0v) is 23.6. The first-order valence-corrected chi connectivity index (χ1v) is 15.5. The maximum atomic E-state index is 5.64. The summed E-state index contributed by atoms with van der Waals surface area (Å²) in [7, 11) is 0. The van der Waals surface area contributed by atoms with Gasteiger partial charge in [-0.05, 0) is 25.9 Å². The first-order chi connectivity index (χ1) is 16.9. The van der Waals surface area contributed by atoms with Gasteiger partial charge >= 0.3 is 0 Å². The van der Waals surface area contributed by atoms with E-state index in [-0.39, 0.29) is 0 Å². The molecule has 0 fully saturated rings. The van der Waals surface area contributed by atoms with E-state index >= 15 is 0 Å². The van der Waals surface area contributed by atoms with E-state index in [9.17, 15) is 0 Å². The summed E-state index contributed by atoms with van der Waals surface area (Å²) in [6.07, 6.45) is 28.0. The second-order valence-corrected chi connectivity index (χ2v) is 10.1. The van der Waals surface area contributed by atoms with Gasteiger partial charge in [-0.25, -0.2) is 0 Å². The molecule has 2 N–H and O–H groups in total. The van der Waals surface area contributed by atoms with E-state index in [1.807, 2.05) is 0 Å². The molecule has 0 radical (unpaired) electrons. The van der Waals surface area contributed by atoms with Crippen molar-refractivity contribution < 1.29 is 9.47 Å². The van der Waals surface area contributed by atoms with Gasteiger partial charge in [0.2, 0.25) is 0 Å². The molecule has 0 saturated heterocycles. The molecule has 0 rings (SSSR count). The highest BCUT2D eigenvalue weighted by molar-refractivity contribution is 4.52. The molecular formula is C30H64N2O2. The van der Waals surface area contributed by atoms with E-state index in [1.165, 1.54) is 128 Å². The van der Waals surface area contributed by atoms with Gasteiger partial charge in [0.15, 0.2) is 0 Å². The highest BCUT2D eigenvalue weighted by atomic mass is 16.5. The molecule has 0 bridgehead atoms. The van der Waals surface area contributed by atoms with Crippen molar-refractivity contribution in [3.63, 3.8) is 0 Å². The standard InChI is InChI=1S/C30H64N2O2/c1-3-5-7-9-11-13-15-17-19-21-23-31-25-27-33-29-30-34-28-26-32-24-22-20-18-16-14-12-10-8-6-4-2/h31-32H,3-30H2,1-2H3. The van der Waals surface area contributed by atoms with E-state index in [2.05, 4.69) is 24.5 Å². The van der Waals surface area contributed by atoms with E-state index in [4.69, 9.17) is 9.47 Å². The van der Waals surface area contributed by atoms with Crippen LogP contribution in [0.15, 0.2) is 0 Å². The smallest absolute Gasteiger partial charge is 0.0701 e. The molecule has 0 heterocycles. The minimum atomic E-state index is 0.707. The van der Waals surface area contributed by atoms with Crippen LogP contribution in [0.3, 0.4) is 0 Å². The van der Waals surface area contributed by atoms with Gasteiger partial charge in [-0.15, -0.1) is 0 Å². The number of nitrogens with one attached hydrogen (secondary N) is 2. The average molecular weight is 485 g/mol. The lowest BCUT2D eigenvalue weighted by atomic mass is 10.1. The number of ether oxygens (including phenoxy) is 2. The fourth-order valence-electron chi connectivity index (χ4n) is 4.34. The normalized spacial score (nSPS) is 11.5. The molecule has 34 heavy (non-hydrogen) atoms. The van der Waals surface area contributed by atoms with Crippen molar-refractivity contribution in [3.8, 4) is 0 Å². The van der Waals surface area contributed by atoms with Crippen molar-refractivity contribution in [2.24, 2.45) is 0 Å². The Kier molecular flexibility index (Phi) is 32.7. The first-order valence-electron chi connectivity index (χ1n) is 15.5. The van der Waals surface area contributed by atoms with Crippen molar-refractivity contribution in [1.29, 1.82) is 0 Å². The molecule has 0 saturated carbocycles. The minimum Gasteiger partial charge on any atom is -0.378 e. The summed E-state index contributed by atoms with van der Waals surface area (Å²) >= 11 is 0. The highest BCUT2D eigenvalue weighted by Gasteiger charge is 1.95. The lowest BCUT2D eigenvalue weighted by molar-refractivity contribution is 0.0499. The Hall–Kier alpha value is -0.160. The maximum Gasteiger partial charge on any atom is 0.0701 e. The third-order valence-corrected chi connectivity index (χ3v) is 6.63. The third-order valence-electron chi connectivity index (χ3n) is 6.63. The molecule has 206 valence electrons. The fraction of sp³-hybridized carbons (Fsp3) is 1.00. The summed E-state index contributed by atoms with van der Waals surface area (Å²) in [5.41, 5.74) is 0. The van der Waals surface area contributed by atoms with Crippen LogP contribution >= 0.6 is 0 Å². The molecule has 0 aliphatic heterocycles. The Balaban J connectivity index is 2.99. The van der Waals surface area contributed by atoms with Crippen LogP contribution in [0.1, 0.15) is 142 Å². The molecule has 0 aromatic carbocycles. The second kappa shape index (κ2) is 32.8. The van der Waals surface area contributed by atoms with Gasteiger partial charge in [0.05, 0.1) is 26.4 Å². The minimum absolute atomic E-state index is 0.707. The van der Waals surface area contributed by atoms with Crippen LogP contribution in [0.25, 0.3) is 0 Å². The molecular weight excluding hydrogens is 420 g/mol. The quantitative estimate of drug-likeness (QED) is 0.0977. The lowest BCUT2D eigenvalue weighted by Gasteiger charge is -2.08. The average Bonchev–Trinajstić information content (AvgIpc) is 2.85. The van der Waals surface area contributed by atoms with Gasteiger partial charge in [-0.1, -0.05) is 129 Å². The molecule has 0 spiro atoms. The molecule has 4 heteroatoms. The Morgan fingerprint density at radius 1 is 0.324 bits per heavy atom. The van der Waals surface area contributed by atoms with Gasteiger partial charge in [-0.3, -0.25) is 0 Å². The van der Waals surface area contributed by atoms with E-state index in [1.54, 1.807) is 0 Å². The van der Waals surface area contributed by atoms with E-state index < -0.39 is 0 Å². The molecule has 0 unspecified atom stereocenters. The largest absolute Gasteiger partial charge is 0.378 e. The van der Waals surface area contributed by atoms with Gasteiger partial charge in [0.1, 0.15) is 0 Å². The van der Waals surface area contributed by atoms with Crippen molar-refractivity contribution in [3.05, 3.63) is 0 Å². The number of unbranched alkanes of at least 4 members (excludes halogenated alkanes) is 18. The molecule has 0 aromatic rings. The second-order valence-electron chi connectivity index (χ2n) is 10.1. The van der Waals surface area contributed by atoms with Gasteiger partial charge in [0, 0.05) is 13.1 Å². The zero-order chi connectivity index (χ0) is 24.6. The maximum absolute atomic E-state index is 5.64. The van der Waals surface area contributed by atoms with E-state index in [0.29, 0.717) is 13.2 Å². The lowest BCUT2D eigenvalue weighted by Crippen LogP contribution is -2.23. The van der Waals surface area contributed by atoms with Crippen LogP contribution in [0.4, 0.5) is 0 Å². The Morgan fingerprint density at radius 3 is 0.941 bits per heavy atom. The number of rotatable bonds is 31. The van der Waals surface area contributed by atoms with Crippen molar-refractivity contribution >= 4 is 0 Å². The van der Waals surface area contributed by atoms with E-state index in [0.717, 1.165) is 39.4 Å². The van der Waals surface area contributed by atoms with Gasteiger partial charge in [-0.2, -0.15) is 0 Å². The van der Waals surface area contributed by atoms with Crippen LogP contribution in [0, 0.1) is 0 Å². The van der Waals surface area contributed by atoms with Crippen LogP contribution in [-0.4, -0.2) is 52.6 Å². The predicted molar refractivity (Wildman–Crippen MR) is 151 cm³/mol. The van der Waals surface area contributed by atoms with Gasteiger partial charge < -0.3 is 20.1 Å². The molecule has 0 aliphatic carbocycles. The topological polar surface area (TPSA) is 42.5 Å². The SMILES string of the molecule is CCCCCCCCCCCCNCCOCCOCCNCCCCCCCCCCCC. The van der Waals surface area contributed by atoms with Crippen LogP contribution in [0.2, 0.25) is 0 Å². The first kappa shape index (κ1) is 33.8. The van der Waals surface area contributed by atoms with Crippen LogP contribution in [-0.2, 0) is 9.47 Å². The zero-order valence-electron chi connectivity index (χ0n) is 23.6. The van der Waals surface area contributed by atoms with Crippen molar-refractivity contribution in [2.45, 2.75) is 142 Å². The predicted octanol–water partition coefficient (Wildman–Crippen LogP) is 8.04. The summed E-state index contributed by atoms with van der Waals surface area (Å²) in [5, 5.41) is 6.98. The summed E-state index contributed by atoms with van der Waals surface area (Å²) in [4.78, 5) is 0. The molecule has 0 aromatic heterocycles. The van der Waals surface area contributed by atoms with Crippen molar-refractivity contribution in [1.82, 2.24) is 10.6 Å². The monoisotopic (exact) mass is 484 g/mol. The van der Waals surface area contributed by atoms with Crippen LogP contribution < -0.4 is 10.6 Å². The molecule has 0 amide bonds. The Morgan fingerprint density at radius 2 is 0.618 bits per heavy atom. The summed E-state index contributed by atoms with van der Waals surface area (Å²) in [6.45, 7) is 11.7. The third kappa shape index (κ3) is 31.8. The number of hydrogen-bond donors (Lipinski definition) is 2. The number of hydrogen-bond acceptors (Lipinski definition) is 4. The summed E-state index contributed by atoms with van der Waals surface area (Å²) in [6, 6.07) is 0. The van der Waals surface area contributed by atoms with Crippen molar-refractivity contribution in [2.75, 3.05) is 52.6 Å². The molecule has 0 atom stereocenters. The Labute approximate surface area is 215 Å².